The molecule has 12 aromatic carbocycles. The number of anilines is 3. The van der Waals surface area contributed by atoms with Gasteiger partial charge in [0.25, 0.3) is 0 Å². The number of benzene rings is 12. The Morgan fingerprint density at radius 1 is 0.323 bits per heavy atom. The predicted octanol–water partition coefficient (Wildman–Crippen LogP) is 17.5. The van der Waals surface area contributed by atoms with Gasteiger partial charge in [-0.3, -0.25) is 0 Å². The third-order valence-electron chi connectivity index (χ3n) is 13.7. The molecule has 1 aromatic heterocycles. The Bertz CT molecular complexity index is 4050. The molecular formula is C62H38N2O. The molecular weight excluding hydrogens is 789 g/mol. The largest absolute Gasteiger partial charge is 0.452 e. The fourth-order valence-corrected chi connectivity index (χ4v) is 10.8. The molecule has 0 unspecified atom stereocenters. The summed E-state index contributed by atoms with van der Waals surface area (Å²) in [6, 6.07) is 84.0. The highest BCUT2D eigenvalue weighted by Gasteiger charge is 2.31. The Labute approximate surface area is 375 Å². The molecule has 0 saturated heterocycles. The summed E-state index contributed by atoms with van der Waals surface area (Å²) < 4.78 is 9.63. The second-order valence-electron chi connectivity index (χ2n) is 17.2. The van der Waals surface area contributed by atoms with Crippen LogP contribution in [0.5, 0.6) is 11.5 Å². The predicted molar refractivity (Wildman–Crippen MR) is 274 cm³/mol. The van der Waals surface area contributed by atoms with Crippen LogP contribution in [0.2, 0.25) is 0 Å². The van der Waals surface area contributed by atoms with Gasteiger partial charge in [-0.1, -0.05) is 188 Å². The molecule has 1 aliphatic heterocycles. The molecule has 1 aliphatic rings. The molecule has 0 radical (unpaired) electrons. The van der Waals surface area contributed by atoms with E-state index in [0.29, 0.717) is 0 Å². The highest BCUT2D eigenvalue weighted by molar-refractivity contribution is 6.23. The minimum Gasteiger partial charge on any atom is -0.452 e. The maximum absolute atomic E-state index is 7.18. The summed E-state index contributed by atoms with van der Waals surface area (Å²) in [4.78, 5) is 2.45. The summed E-state index contributed by atoms with van der Waals surface area (Å²) >= 11 is 0. The molecule has 2 heterocycles. The van der Waals surface area contributed by atoms with E-state index >= 15 is 0 Å². The highest BCUT2D eigenvalue weighted by atomic mass is 16.5. The van der Waals surface area contributed by atoms with Gasteiger partial charge in [0.15, 0.2) is 11.5 Å². The van der Waals surface area contributed by atoms with Gasteiger partial charge in [0.05, 0.1) is 28.1 Å². The van der Waals surface area contributed by atoms with Gasteiger partial charge in [-0.2, -0.15) is 0 Å². The number of rotatable bonds is 4. The molecule has 0 bridgehead atoms. The Kier molecular flexibility index (Phi) is 7.69. The van der Waals surface area contributed by atoms with Gasteiger partial charge in [-0.05, 0) is 97.0 Å². The maximum atomic E-state index is 7.18. The lowest BCUT2D eigenvalue weighted by Gasteiger charge is -2.35. The van der Waals surface area contributed by atoms with Crippen LogP contribution in [0, 0.1) is 0 Å². The van der Waals surface area contributed by atoms with Crippen LogP contribution in [-0.4, -0.2) is 4.57 Å². The van der Waals surface area contributed by atoms with E-state index in [1.165, 1.54) is 76.0 Å². The van der Waals surface area contributed by atoms with E-state index < -0.39 is 0 Å². The Hall–Kier alpha value is -8.66. The second-order valence-corrected chi connectivity index (χ2v) is 17.2. The molecule has 302 valence electrons. The Morgan fingerprint density at radius 2 is 0.892 bits per heavy atom. The Morgan fingerprint density at radius 3 is 1.66 bits per heavy atom. The van der Waals surface area contributed by atoms with Crippen LogP contribution in [0.1, 0.15) is 0 Å². The average Bonchev–Trinajstić information content (AvgIpc) is 3.71. The van der Waals surface area contributed by atoms with Gasteiger partial charge in [0.1, 0.15) is 0 Å². The minimum absolute atomic E-state index is 0.816. The summed E-state index contributed by atoms with van der Waals surface area (Å²) in [5.74, 6) is 1.67. The van der Waals surface area contributed by atoms with Crippen molar-refractivity contribution in [2.75, 3.05) is 4.90 Å². The van der Waals surface area contributed by atoms with Crippen LogP contribution in [-0.2, 0) is 0 Å². The zero-order valence-electron chi connectivity index (χ0n) is 35.2. The van der Waals surface area contributed by atoms with E-state index in [0.717, 1.165) is 56.1 Å². The van der Waals surface area contributed by atoms with Gasteiger partial charge < -0.3 is 14.2 Å². The number of hydrogen-bond acceptors (Lipinski definition) is 2. The number of hydrogen-bond donors (Lipinski definition) is 0. The SMILES string of the molecule is c1ccc(-c2c3ccccc3c(N3c4ccc(-c5ccc6c(c5)c5ccc7ccccc7c5n6-c5ccc6ccccc6c5)cc4Oc4c3ccc3ccccc43)c3ccccc23)cc1. The van der Waals surface area contributed by atoms with E-state index in [1.807, 2.05) is 0 Å². The lowest BCUT2D eigenvalue weighted by molar-refractivity contribution is 0.483. The summed E-state index contributed by atoms with van der Waals surface area (Å²) in [6.07, 6.45) is 0. The number of ether oxygens (including phenoxy) is 1. The lowest BCUT2D eigenvalue weighted by atomic mass is 9.89. The van der Waals surface area contributed by atoms with Gasteiger partial charge in [0, 0.05) is 38.0 Å². The van der Waals surface area contributed by atoms with Gasteiger partial charge in [-0.25, -0.2) is 0 Å². The monoisotopic (exact) mass is 826 g/mol. The summed E-state index contributed by atoms with van der Waals surface area (Å²) in [5.41, 5.74) is 11.4. The van der Waals surface area contributed by atoms with Crippen LogP contribution in [0.3, 0.4) is 0 Å². The van der Waals surface area contributed by atoms with Crippen molar-refractivity contribution in [2.24, 2.45) is 0 Å². The molecule has 13 aromatic rings. The van der Waals surface area contributed by atoms with Crippen molar-refractivity contribution in [2.45, 2.75) is 0 Å². The standard InChI is InChI=1S/C62H38N2O/c1-2-17-42(18-3-1)59-49-22-10-12-24-51(49)61(52-25-13-11-23-50(52)59)64-56-34-30-45(38-58(56)65-62-48-21-9-7-16-41(48)28-35-57(62)64)44-29-33-55-54(37-44)53-32-27-40-15-6-8-20-47(40)60(53)63(55)46-31-26-39-14-4-5-19-43(39)36-46/h1-38H. The number of aromatic nitrogens is 1. The zero-order chi connectivity index (χ0) is 42.6. The molecule has 14 rings (SSSR count). The number of nitrogens with zero attached hydrogens (tertiary/aromatic N) is 2. The van der Waals surface area contributed by atoms with E-state index in [2.05, 4.69) is 240 Å². The van der Waals surface area contributed by atoms with Crippen LogP contribution < -0.4 is 9.64 Å². The number of fused-ring (bicyclic) bond motifs is 12. The molecule has 0 atom stereocenters. The van der Waals surface area contributed by atoms with Gasteiger partial charge in [-0.15, -0.1) is 0 Å². The third kappa shape index (κ3) is 5.36. The molecule has 3 heteroatoms. The molecule has 0 amide bonds. The van der Waals surface area contributed by atoms with E-state index in [4.69, 9.17) is 4.74 Å². The van der Waals surface area contributed by atoms with E-state index in [9.17, 15) is 0 Å². The van der Waals surface area contributed by atoms with Crippen LogP contribution >= 0.6 is 0 Å². The molecule has 0 spiro atoms. The van der Waals surface area contributed by atoms with E-state index in [1.54, 1.807) is 0 Å². The van der Waals surface area contributed by atoms with Crippen molar-refractivity contribution in [3.8, 4) is 39.4 Å². The maximum Gasteiger partial charge on any atom is 0.159 e. The van der Waals surface area contributed by atoms with Crippen molar-refractivity contribution in [3.05, 3.63) is 231 Å². The molecule has 0 fully saturated rings. The molecule has 0 aliphatic carbocycles. The minimum atomic E-state index is 0.816. The van der Waals surface area contributed by atoms with Crippen LogP contribution in [0.25, 0.3) is 104 Å². The lowest BCUT2D eigenvalue weighted by Crippen LogP contribution is -2.17. The zero-order valence-corrected chi connectivity index (χ0v) is 35.2. The normalized spacial score (nSPS) is 12.4. The first-order chi connectivity index (χ1) is 32.2. The molecule has 3 nitrogen and oxygen atoms in total. The summed E-state index contributed by atoms with van der Waals surface area (Å²) in [6.45, 7) is 0. The Balaban J connectivity index is 1.00. The van der Waals surface area contributed by atoms with E-state index in [-0.39, 0.29) is 0 Å². The summed E-state index contributed by atoms with van der Waals surface area (Å²) in [7, 11) is 0. The first-order valence-electron chi connectivity index (χ1n) is 22.3. The van der Waals surface area contributed by atoms with Crippen LogP contribution in [0.15, 0.2) is 231 Å². The fraction of sp³-hybridized carbons (Fsp3) is 0. The smallest absolute Gasteiger partial charge is 0.159 e. The quantitative estimate of drug-likeness (QED) is 0.164. The molecule has 0 N–H and O–H groups in total. The van der Waals surface area contributed by atoms with Crippen molar-refractivity contribution < 1.29 is 4.74 Å². The van der Waals surface area contributed by atoms with Crippen molar-refractivity contribution in [3.63, 3.8) is 0 Å². The van der Waals surface area contributed by atoms with Crippen molar-refractivity contribution in [1.29, 1.82) is 0 Å². The van der Waals surface area contributed by atoms with Crippen molar-refractivity contribution >= 4 is 92.7 Å². The summed E-state index contributed by atoms with van der Waals surface area (Å²) in [5, 5.41) is 14.4. The molecule has 0 saturated carbocycles. The third-order valence-corrected chi connectivity index (χ3v) is 13.7. The second kappa shape index (κ2) is 13.9. The molecule has 65 heavy (non-hydrogen) atoms. The first-order valence-corrected chi connectivity index (χ1v) is 22.3. The first kappa shape index (κ1) is 35.9. The van der Waals surface area contributed by atoms with Crippen molar-refractivity contribution in [1.82, 2.24) is 4.57 Å². The fourth-order valence-electron chi connectivity index (χ4n) is 10.8. The highest BCUT2D eigenvalue weighted by Crippen LogP contribution is 2.57. The average molecular weight is 827 g/mol. The van der Waals surface area contributed by atoms with Gasteiger partial charge >= 0.3 is 0 Å². The van der Waals surface area contributed by atoms with Crippen LogP contribution in [0.4, 0.5) is 17.1 Å². The van der Waals surface area contributed by atoms with Gasteiger partial charge in [0.2, 0.25) is 0 Å². The topological polar surface area (TPSA) is 17.4 Å².